The molecule has 4 aromatic rings. The van der Waals surface area contributed by atoms with Crippen LogP contribution in [0.3, 0.4) is 0 Å². The number of rotatable bonds is 9. The largest absolute Gasteiger partial charge is 0.493 e. The fourth-order valence-electron chi connectivity index (χ4n) is 4.39. The number of carbonyl (C=O) groups is 1. The zero-order chi connectivity index (χ0) is 27.4. The van der Waals surface area contributed by atoms with Gasteiger partial charge in [0.15, 0.2) is 10.9 Å². The lowest BCUT2D eigenvalue weighted by Gasteiger charge is -2.34. The number of carbonyl (C=O) groups excluding carboxylic acids is 1. The molecule has 1 aliphatic heterocycles. The number of nitrogens with one attached hydrogen (secondary N) is 2. The van der Waals surface area contributed by atoms with Gasteiger partial charge in [-0.05, 0) is 42.5 Å². The summed E-state index contributed by atoms with van der Waals surface area (Å²) in [5.74, 6) is 0.349. The van der Waals surface area contributed by atoms with Gasteiger partial charge < -0.3 is 15.0 Å². The number of amides is 1. The molecular weight excluding hydrogens is 558 g/mol. The van der Waals surface area contributed by atoms with E-state index in [4.69, 9.17) is 21.3 Å². The summed E-state index contributed by atoms with van der Waals surface area (Å²) in [4.78, 5) is 22.2. The number of fused-ring (bicyclic) bond motifs is 1. The summed E-state index contributed by atoms with van der Waals surface area (Å²) in [5, 5.41) is 4.43. The van der Waals surface area contributed by atoms with Gasteiger partial charge in [-0.15, -0.1) is 0 Å². The average Bonchev–Trinajstić information content (AvgIpc) is 3.38. The van der Waals surface area contributed by atoms with Crippen molar-refractivity contribution >= 4 is 59.9 Å². The number of hydrogen-bond donors (Lipinski definition) is 2. The molecule has 0 aliphatic carbocycles. The normalized spacial score (nSPS) is 14.4. The molecule has 1 amide bonds. The highest BCUT2D eigenvalue weighted by Gasteiger charge is 2.21. The molecule has 0 unspecified atom stereocenters. The Morgan fingerprint density at radius 3 is 2.56 bits per heavy atom. The minimum absolute atomic E-state index is 0.159. The molecule has 2 N–H and O–H groups in total. The highest BCUT2D eigenvalue weighted by molar-refractivity contribution is 7.92. The maximum Gasteiger partial charge on any atom is 0.261 e. The molecule has 0 atom stereocenters. The van der Waals surface area contributed by atoms with Gasteiger partial charge in [-0.1, -0.05) is 47.2 Å². The van der Waals surface area contributed by atoms with Crippen LogP contribution in [0.25, 0.3) is 10.2 Å². The Morgan fingerprint density at radius 2 is 1.82 bits per heavy atom. The number of methoxy groups -OCH3 is 1. The first-order valence-corrected chi connectivity index (χ1v) is 15.1. The molecule has 204 valence electrons. The first-order chi connectivity index (χ1) is 18.8. The fraction of sp³-hybridized carbons (Fsp3) is 0.259. The van der Waals surface area contributed by atoms with Crippen LogP contribution in [-0.2, 0) is 10.0 Å². The van der Waals surface area contributed by atoms with Gasteiger partial charge in [0.25, 0.3) is 15.9 Å². The van der Waals surface area contributed by atoms with Gasteiger partial charge in [0.1, 0.15) is 5.52 Å². The standard InChI is InChI=1S/C27H28ClN5O4S2/c1-37-25-22(28)10-11-23-24(25)30-27(38-23)33-16-14-32(15-17-33)13-12-29-26(34)19-6-5-7-20(18-19)31-39(35,36)21-8-3-2-4-9-21/h2-11,18,31H,12-17H2,1H3,(H,29,34). The number of aromatic nitrogens is 1. The zero-order valence-corrected chi connectivity index (χ0v) is 23.7. The van der Waals surface area contributed by atoms with Crippen molar-refractivity contribution in [3.05, 3.63) is 77.3 Å². The van der Waals surface area contributed by atoms with Crippen LogP contribution in [0.1, 0.15) is 10.4 Å². The third kappa shape index (κ3) is 6.27. The number of halogens is 1. The third-order valence-electron chi connectivity index (χ3n) is 6.45. The van der Waals surface area contributed by atoms with Gasteiger partial charge >= 0.3 is 0 Å². The van der Waals surface area contributed by atoms with E-state index in [1.807, 2.05) is 12.1 Å². The molecule has 9 nitrogen and oxygen atoms in total. The molecule has 1 aromatic heterocycles. The van der Waals surface area contributed by atoms with Crippen LogP contribution in [-0.4, -0.2) is 70.6 Å². The smallest absolute Gasteiger partial charge is 0.261 e. The van der Waals surface area contributed by atoms with Crippen LogP contribution in [0.5, 0.6) is 5.75 Å². The molecule has 0 radical (unpaired) electrons. The van der Waals surface area contributed by atoms with Gasteiger partial charge in [-0.2, -0.15) is 0 Å². The van der Waals surface area contributed by atoms with E-state index in [-0.39, 0.29) is 10.8 Å². The van der Waals surface area contributed by atoms with Crippen LogP contribution in [0.4, 0.5) is 10.8 Å². The molecule has 1 fully saturated rings. The second-order valence-corrected chi connectivity index (χ2v) is 12.1. The fourth-order valence-corrected chi connectivity index (χ4v) is 6.71. The molecule has 2 heterocycles. The highest BCUT2D eigenvalue weighted by Crippen LogP contribution is 2.38. The second kappa shape index (κ2) is 11.8. The summed E-state index contributed by atoms with van der Waals surface area (Å²) >= 11 is 7.87. The summed E-state index contributed by atoms with van der Waals surface area (Å²) in [5.41, 5.74) is 1.50. The van der Waals surface area contributed by atoms with Crippen molar-refractivity contribution in [2.45, 2.75) is 4.90 Å². The topological polar surface area (TPSA) is 104 Å². The van der Waals surface area contributed by atoms with E-state index in [2.05, 4.69) is 19.8 Å². The van der Waals surface area contributed by atoms with E-state index in [1.54, 1.807) is 54.8 Å². The van der Waals surface area contributed by atoms with Gasteiger partial charge in [0.05, 0.1) is 21.7 Å². The Labute approximate surface area is 236 Å². The molecule has 12 heteroatoms. The Balaban J connectivity index is 1.11. The number of thiazole rings is 1. The van der Waals surface area contributed by atoms with Crippen LogP contribution in [0.15, 0.2) is 71.6 Å². The van der Waals surface area contributed by atoms with Crippen LogP contribution < -0.4 is 19.7 Å². The molecule has 1 aliphatic rings. The average molecular weight is 586 g/mol. The van der Waals surface area contributed by atoms with E-state index >= 15 is 0 Å². The van der Waals surface area contributed by atoms with E-state index < -0.39 is 10.0 Å². The van der Waals surface area contributed by atoms with E-state index in [9.17, 15) is 13.2 Å². The SMILES string of the molecule is COc1c(Cl)ccc2sc(N3CCN(CCNC(=O)c4cccc(NS(=O)(=O)c5ccccc5)c4)CC3)nc12. The van der Waals surface area contributed by atoms with Crippen LogP contribution in [0, 0.1) is 0 Å². The predicted molar refractivity (Wildman–Crippen MR) is 156 cm³/mol. The lowest BCUT2D eigenvalue weighted by Crippen LogP contribution is -2.48. The Bertz CT molecular complexity index is 1570. The molecule has 3 aromatic carbocycles. The highest BCUT2D eigenvalue weighted by atomic mass is 35.5. The summed E-state index contributed by atoms with van der Waals surface area (Å²) in [6.45, 7) is 4.54. The quantitative estimate of drug-likeness (QED) is 0.302. The molecule has 39 heavy (non-hydrogen) atoms. The summed E-state index contributed by atoms with van der Waals surface area (Å²) in [6.07, 6.45) is 0. The molecule has 0 saturated carbocycles. The maximum atomic E-state index is 12.7. The second-order valence-electron chi connectivity index (χ2n) is 9.01. The lowest BCUT2D eigenvalue weighted by atomic mass is 10.2. The molecule has 1 saturated heterocycles. The number of piperazine rings is 1. The van der Waals surface area contributed by atoms with Gasteiger partial charge in [-0.25, -0.2) is 13.4 Å². The van der Waals surface area contributed by atoms with Gasteiger partial charge in [0, 0.05) is 50.5 Å². The van der Waals surface area contributed by atoms with Crippen molar-refractivity contribution in [2.75, 3.05) is 56.0 Å². The van der Waals surface area contributed by atoms with Gasteiger partial charge in [-0.3, -0.25) is 14.4 Å². The number of ether oxygens (including phenoxy) is 1. The summed E-state index contributed by atoms with van der Waals surface area (Å²) < 4.78 is 34.2. The van der Waals surface area contributed by atoms with Crippen LogP contribution in [0.2, 0.25) is 5.02 Å². The monoisotopic (exact) mass is 585 g/mol. The van der Waals surface area contributed by atoms with Crippen molar-refractivity contribution < 1.29 is 17.9 Å². The Kier molecular flexibility index (Phi) is 8.22. The van der Waals surface area contributed by atoms with Crippen molar-refractivity contribution in [1.29, 1.82) is 0 Å². The van der Waals surface area contributed by atoms with E-state index in [1.165, 1.54) is 18.2 Å². The van der Waals surface area contributed by atoms with Gasteiger partial charge in [0.2, 0.25) is 0 Å². The zero-order valence-electron chi connectivity index (χ0n) is 21.3. The maximum absolute atomic E-state index is 12.7. The van der Waals surface area contributed by atoms with Crippen molar-refractivity contribution in [3.63, 3.8) is 0 Å². The van der Waals surface area contributed by atoms with Crippen molar-refractivity contribution in [1.82, 2.24) is 15.2 Å². The molecular formula is C27H28ClN5O4S2. The third-order valence-corrected chi connectivity index (χ3v) is 9.22. The molecule has 0 bridgehead atoms. The van der Waals surface area contributed by atoms with Crippen LogP contribution >= 0.6 is 22.9 Å². The van der Waals surface area contributed by atoms with E-state index in [0.717, 1.165) is 41.5 Å². The minimum atomic E-state index is -3.73. The number of anilines is 2. The van der Waals surface area contributed by atoms with Crippen molar-refractivity contribution in [2.24, 2.45) is 0 Å². The molecule has 5 rings (SSSR count). The first kappa shape index (κ1) is 27.2. The summed E-state index contributed by atoms with van der Waals surface area (Å²) in [6, 6.07) is 18.4. The summed E-state index contributed by atoms with van der Waals surface area (Å²) in [7, 11) is -2.13. The lowest BCUT2D eigenvalue weighted by molar-refractivity contribution is 0.0948. The molecule has 0 spiro atoms. The number of nitrogens with zero attached hydrogens (tertiary/aromatic N) is 3. The Morgan fingerprint density at radius 1 is 1.05 bits per heavy atom. The minimum Gasteiger partial charge on any atom is -0.493 e. The van der Waals surface area contributed by atoms with E-state index in [0.29, 0.717) is 35.1 Å². The predicted octanol–water partition coefficient (Wildman–Crippen LogP) is 4.31. The Hall–Kier alpha value is -3.38. The number of benzene rings is 3. The van der Waals surface area contributed by atoms with Crippen molar-refractivity contribution in [3.8, 4) is 5.75 Å². The number of sulfonamides is 1. The number of hydrogen-bond acceptors (Lipinski definition) is 8. The first-order valence-electron chi connectivity index (χ1n) is 12.4.